The maximum absolute atomic E-state index is 13.7. The van der Waals surface area contributed by atoms with Crippen LogP contribution in [0.4, 0.5) is 4.39 Å². The Morgan fingerprint density at radius 1 is 1.14 bits per heavy atom. The highest BCUT2D eigenvalue weighted by atomic mass is 19.1. The van der Waals surface area contributed by atoms with Crippen LogP contribution in [0.15, 0.2) is 0 Å². The molecule has 0 radical (unpaired) electrons. The molecule has 0 bridgehead atoms. The van der Waals surface area contributed by atoms with E-state index < -0.39 is 12.3 Å². The van der Waals surface area contributed by atoms with E-state index in [1.165, 1.54) is 0 Å². The number of alkyl halides is 1. The predicted octanol–water partition coefficient (Wildman–Crippen LogP) is 1.76. The van der Waals surface area contributed by atoms with E-state index in [2.05, 4.69) is 10.6 Å². The van der Waals surface area contributed by atoms with Gasteiger partial charge in [-0.05, 0) is 14.0 Å². The minimum Gasteiger partial charge on any atom is -0.378 e. The van der Waals surface area contributed by atoms with Crippen molar-refractivity contribution < 1.29 is 18.7 Å². The third kappa shape index (κ3) is 14.0. The molecule has 21 heavy (non-hydrogen) atoms. The van der Waals surface area contributed by atoms with Gasteiger partial charge in [0.1, 0.15) is 6.17 Å². The number of carbonyl (C=O) groups is 1. The third-order valence-electron chi connectivity index (χ3n) is 2.61. The molecule has 5 nitrogen and oxygen atoms in total. The SMILES string of the molecule is CC.CNCCOCCOC(C)C(F)CNC(=O)C(C)C. The molecule has 128 valence electrons. The summed E-state index contributed by atoms with van der Waals surface area (Å²) in [5, 5.41) is 5.50. The van der Waals surface area contributed by atoms with Crippen LogP contribution in [0.1, 0.15) is 34.6 Å². The smallest absolute Gasteiger partial charge is 0.222 e. The molecule has 6 heteroatoms. The molecular formula is C15H33FN2O3. The molecule has 0 aromatic rings. The molecule has 0 aromatic carbocycles. The van der Waals surface area contributed by atoms with Gasteiger partial charge >= 0.3 is 0 Å². The lowest BCUT2D eigenvalue weighted by Crippen LogP contribution is -2.38. The molecule has 0 spiro atoms. The van der Waals surface area contributed by atoms with Gasteiger partial charge in [0, 0.05) is 12.5 Å². The van der Waals surface area contributed by atoms with Crippen molar-refractivity contribution in [2.45, 2.75) is 46.9 Å². The van der Waals surface area contributed by atoms with Crippen LogP contribution in [0.25, 0.3) is 0 Å². The number of likely N-dealkylation sites (N-methyl/N-ethyl adjacent to an activating group) is 1. The summed E-state index contributed by atoms with van der Waals surface area (Å²) in [6.45, 7) is 11.4. The van der Waals surface area contributed by atoms with Gasteiger partial charge in [-0.3, -0.25) is 4.79 Å². The van der Waals surface area contributed by atoms with Gasteiger partial charge in [0.05, 0.1) is 32.5 Å². The summed E-state index contributed by atoms with van der Waals surface area (Å²) in [5.41, 5.74) is 0. The van der Waals surface area contributed by atoms with Crippen LogP contribution in [0, 0.1) is 5.92 Å². The normalized spacial score (nSPS) is 13.3. The number of hydrogen-bond acceptors (Lipinski definition) is 4. The molecule has 0 saturated heterocycles. The number of halogens is 1. The second-order valence-corrected chi connectivity index (χ2v) is 4.71. The van der Waals surface area contributed by atoms with Crippen LogP contribution in [0.5, 0.6) is 0 Å². The molecule has 0 fully saturated rings. The van der Waals surface area contributed by atoms with Crippen molar-refractivity contribution in [1.29, 1.82) is 0 Å². The number of rotatable bonds is 11. The van der Waals surface area contributed by atoms with Crippen molar-refractivity contribution in [2.24, 2.45) is 5.92 Å². The van der Waals surface area contributed by atoms with Gasteiger partial charge < -0.3 is 20.1 Å². The van der Waals surface area contributed by atoms with Crippen molar-refractivity contribution in [3.8, 4) is 0 Å². The quantitative estimate of drug-likeness (QED) is 0.571. The molecule has 2 atom stereocenters. The van der Waals surface area contributed by atoms with E-state index in [4.69, 9.17) is 9.47 Å². The summed E-state index contributed by atoms with van der Waals surface area (Å²) < 4.78 is 24.2. The topological polar surface area (TPSA) is 59.6 Å². The number of hydrogen-bond donors (Lipinski definition) is 2. The predicted molar refractivity (Wildman–Crippen MR) is 84.3 cm³/mol. The Kier molecular flexibility index (Phi) is 16.8. The fraction of sp³-hybridized carbons (Fsp3) is 0.933. The molecule has 0 aliphatic rings. The van der Waals surface area contributed by atoms with Crippen LogP contribution in [0.2, 0.25) is 0 Å². The monoisotopic (exact) mass is 308 g/mol. The number of ether oxygens (including phenoxy) is 2. The number of carbonyl (C=O) groups excluding carboxylic acids is 1. The van der Waals surface area contributed by atoms with Gasteiger partial charge in [0.15, 0.2) is 0 Å². The first-order valence-electron chi connectivity index (χ1n) is 7.74. The van der Waals surface area contributed by atoms with Crippen LogP contribution in [-0.4, -0.2) is 58.1 Å². The first kappa shape index (κ1) is 22.6. The Morgan fingerprint density at radius 3 is 2.29 bits per heavy atom. The Bertz CT molecular complexity index is 241. The molecule has 0 rings (SSSR count). The summed E-state index contributed by atoms with van der Waals surface area (Å²) in [5.74, 6) is -0.283. The van der Waals surface area contributed by atoms with Gasteiger partial charge in [0.2, 0.25) is 5.91 Å². The van der Waals surface area contributed by atoms with E-state index in [-0.39, 0.29) is 18.4 Å². The van der Waals surface area contributed by atoms with Crippen LogP contribution < -0.4 is 10.6 Å². The summed E-state index contributed by atoms with van der Waals surface area (Å²) in [6, 6.07) is 0. The standard InChI is InChI=1S/C13H27FN2O3.C2H6/c1-10(2)13(17)16-9-12(14)11(3)19-8-7-18-6-5-15-4;1-2/h10-12,15H,5-9H2,1-4H3,(H,16,17);1-2H3. The van der Waals surface area contributed by atoms with Crippen molar-refractivity contribution >= 4 is 5.91 Å². The Labute approximate surface area is 129 Å². The molecule has 1 amide bonds. The zero-order chi connectivity index (χ0) is 16.7. The van der Waals surface area contributed by atoms with E-state index >= 15 is 0 Å². The Balaban J connectivity index is 0. The van der Waals surface area contributed by atoms with Crippen molar-refractivity contribution in [3.63, 3.8) is 0 Å². The van der Waals surface area contributed by atoms with Gasteiger partial charge in [-0.2, -0.15) is 0 Å². The summed E-state index contributed by atoms with van der Waals surface area (Å²) in [4.78, 5) is 11.3. The third-order valence-corrected chi connectivity index (χ3v) is 2.61. The van der Waals surface area contributed by atoms with Crippen LogP contribution >= 0.6 is 0 Å². The second kappa shape index (κ2) is 15.7. The number of nitrogens with one attached hydrogen (secondary N) is 2. The van der Waals surface area contributed by atoms with E-state index in [9.17, 15) is 9.18 Å². The first-order chi connectivity index (χ1) is 9.99. The summed E-state index contributed by atoms with van der Waals surface area (Å²) >= 11 is 0. The maximum atomic E-state index is 13.7. The van der Waals surface area contributed by atoms with Crippen LogP contribution in [-0.2, 0) is 14.3 Å². The minimum absolute atomic E-state index is 0.0151. The lowest BCUT2D eigenvalue weighted by atomic mass is 10.2. The number of amides is 1. The molecule has 0 aliphatic heterocycles. The van der Waals surface area contributed by atoms with Crippen molar-refractivity contribution in [1.82, 2.24) is 10.6 Å². The van der Waals surface area contributed by atoms with E-state index in [0.29, 0.717) is 19.8 Å². The summed E-state index contributed by atoms with van der Waals surface area (Å²) in [6.07, 6.45) is -1.76. The molecular weight excluding hydrogens is 275 g/mol. The average molecular weight is 308 g/mol. The molecule has 0 saturated carbocycles. The largest absolute Gasteiger partial charge is 0.378 e. The highest BCUT2D eigenvalue weighted by Crippen LogP contribution is 2.03. The fourth-order valence-corrected chi connectivity index (χ4v) is 1.24. The van der Waals surface area contributed by atoms with Crippen molar-refractivity contribution in [2.75, 3.05) is 40.0 Å². The second-order valence-electron chi connectivity index (χ2n) is 4.71. The molecule has 0 heterocycles. The Morgan fingerprint density at radius 2 is 1.76 bits per heavy atom. The zero-order valence-corrected chi connectivity index (χ0v) is 14.4. The zero-order valence-electron chi connectivity index (χ0n) is 14.4. The van der Waals surface area contributed by atoms with Gasteiger partial charge in [-0.1, -0.05) is 27.7 Å². The molecule has 0 aliphatic carbocycles. The van der Waals surface area contributed by atoms with E-state index in [0.717, 1.165) is 6.54 Å². The fourth-order valence-electron chi connectivity index (χ4n) is 1.24. The van der Waals surface area contributed by atoms with Crippen molar-refractivity contribution in [3.05, 3.63) is 0 Å². The highest BCUT2D eigenvalue weighted by molar-refractivity contribution is 5.77. The Hall–Kier alpha value is -0.720. The first-order valence-corrected chi connectivity index (χ1v) is 7.74. The molecule has 0 aromatic heterocycles. The van der Waals surface area contributed by atoms with Gasteiger partial charge in [0.25, 0.3) is 0 Å². The van der Waals surface area contributed by atoms with Gasteiger partial charge in [-0.15, -0.1) is 0 Å². The maximum Gasteiger partial charge on any atom is 0.222 e. The minimum atomic E-state index is -1.21. The lowest BCUT2D eigenvalue weighted by Gasteiger charge is -2.18. The molecule has 2 unspecified atom stereocenters. The average Bonchev–Trinajstić information content (AvgIpc) is 2.49. The van der Waals surface area contributed by atoms with Crippen LogP contribution in [0.3, 0.4) is 0 Å². The van der Waals surface area contributed by atoms with E-state index in [1.807, 2.05) is 20.9 Å². The van der Waals surface area contributed by atoms with Gasteiger partial charge in [-0.25, -0.2) is 4.39 Å². The highest BCUT2D eigenvalue weighted by Gasteiger charge is 2.18. The van der Waals surface area contributed by atoms with E-state index in [1.54, 1.807) is 20.8 Å². The molecule has 2 N–H and O–H groups in total. The summed E-state index contributed by atoms with van der Waals surface area (Å²) in [7, 11) is 1.85. The lowest BCUT2D eigenvalue weighted by molar-refractivity contribution is -0.124.